The van der Waals surface area contributed by atoms with Crippen LogP contribution in [0.25, 0.3) is 0 Å². The van der Waals surface area contributed by atoms with Crippen LogP contribution in [0.1, 0.15) is 30.6 Å². The first-order chi connectivity index (χ1) is 11.1. The molecule has 0 atom stereocenters. The smallest absolute Gasteiger partial charge is 0.256 e. The number of amides is 1. The molecular weight excluding hydrogens is 338 g/mol. The molecule has 0 radical (unpaired) electrons. The third-order valence-electron chi connectivity index (χ3n) is 4.70. The van der Waals surface area contributed by atoms with Gasteiger partial charge in [0, 0.05) is 23.9 Å². The van der Waals surface area contributed by atoms with Gasteiger partial charge in [0.2, 0.25) is 0 Å². The van der Waals surface area contributed by atoms with Gasteiger partial charge in [0.05, 0.1) is 11.3 Å². The Morgan fingerprint density at radius 3 is 2.50 bits per heavy atom. The summed E-state index contributed by atoms with van der Waals surface area (Å²) in [6.07, 6.45) is 2.27. The number of likely N-dealkylation sites (tertiary alicyclic amines) is 1. The highest BCUT2D eigenvalue weighted by Crippen LogP contribution is 2.47. The fourth-order valence-corrected chi connectivity index (χ4v) is 3.88. The van der Waals surface area contributed by atoms with E-state index in [4.69, 9.17) is 17.3 Å². The first-order valence-corrected chi connectivity index (χ1v) is 7.90. The van der Waals surface area contributed by atoms with Gasteiger partial charge in [-0.05, 0) is 24.6 Å². The molecule has 1 aromatic carbocycles. The van der Waals surface area contributed by atoms with Crippen LogP contribution in [0, 0.1) is 22.5 Å². The summed E-state index contributed by atoms with van der Waals surface area (Å²) in [5, 5.41) is -0.690. The molecule has 0 unspecified atom stereocenters. The molecule has 1 saturated heterocycles. The van der Waals surface area contributed by atoms with Crippen molar-refractivity contribution < 1.29 is 18.4 Å². The summed E-state index contributed by atoms with van der Waals surface area (Å²) in [4.78, 5) is 25.9. The maximum atomic E-state index is 14.0. The molecular formula is C17H17ClF2N2O2. The highest BCUT2D eigenvalue weighted by molar-refractivity contribution is 6.31. The Balaban J connectivity index is 1.81. The van der Waals surface area contributed by atoms with Crippen molar-refractivity contribution in [3.8, 4) is 0 Å². The van der Waals surface area contributed by atoms with Gasteiger partial charge in [0.25, 0.3) is 5.91 Å². The van der Waals surface area contributed by atoms with Crippen LogP contribution in [0.15, 0.2) is 23.9 Å². The first-order valence-electron chi connectivity index (χ1n) is 7.52. The van der Waals surface area contributed by atoms with Gasteiger partial charge in [0.15, 0.2) is 11.6 Å². The molecule has 1 aliphatic carbocycles. The van der Waals surface area contributed by atoms with Crippen LogP contribution in [0.2, 0.25) is 5.02 Å². The number of rotatable bonds is 1. The Bertz CT molecular complexity index is 783. The van der Waals surface area contributed by atoms with Crippen LogP contribution in [-0.2, 0) is 4.79 Å². The Morgan fingerprint density at radius 1 is 1.29 bits per heavy atom. The summed E-state index contributed by atoms with van der Waals surface area (Å²) in [6.45, 7) is 4.30. The molecule has 1 spiro atoms. The summed E-state index contributed by atoms with van der Waals surface area (Å²) in [7, 11) is 0. The van der Waals surface area contributed by atoms with E-state index in [9.17, 15) is 18.4 Å². The fourth-order valence-electron chi connectivity index (χ4n) is 3.72. The summed E-state index contributed by atoms with van der Waals surface area (Å²) < 4.78 is 27.2. The van der Waals surface area contributed by atoms with Crippen molar-refractivity contribution in [2.75, 3.05) is 13.1 Å². The minimum atomic E-state index is -1.06. The van der Waals surface area contributed by atoms with Crippen molar-refractivity contribution in [2.45, 2.75) is 20.3 Å². The highest BCUT2D eigenvalue weighted by atomic mass is 35.5. The predicted octanol–water partition coefficient (Wildman–Crippen LogP) is 2.90. The highest BCUT2D eigenvalue weighted by Gasteiger charge is 2.52. The van der Waals surface area contributed by atoms with Crippen molar-refractivity contribution in [1.82, 2.24) is 4.90 Å². The molecule has 1 heterocycles. The lowest BCUT2D eigenvalue weighted by atomic mass is 9.62. The van der Waals surface area contributed by atoms with Crippen LogP contribution in [0.3, 0.4) is 0 Å². The average molecular weight is 355 g/mol. The van der Waals surface area contributed by atoms with E-state index in [1.807, 2.05) is 13.8 Å². The molecule has 1 fully saturated rings. The number of hydrogen-bond donors (Lipinski definition) is 1. The Morgan fingerprint density at radius 2 is 1.92 bits per heavy atom. The third kappa shape index (κ3) is 2.49. The van der Waals surface area contributed by atoms with E-state index in [2.05, 4.69) is 0 Å². The predicted molar refractivity (Wildman–Crippen MR) is 85.4 cm³/mol. The number of nitrogens with zero attached hydrogens (tertiary/aromatic N) is 1. The monoisotopic (exact) mass is 354 g/mol. The summed E-state index contributed by atoms with van der Waals surface area (Å²) in [6, 6.07) is 2.05. The van der Waals surface area contributed by atoms with Crippen molar-refractivity contribution in [1.29, 1.82) is 0 Å². The number of hydrogen-bond acceptors (Lipinski definition) is 3. The zero-order valence-corrected chi connectivity index (χ0v) is 14.1. The molecule has 7 heteroatoms. The quantitative estimate of drug-likeness (QED) is 0.789. The molecule has 2 N–H and O–H groups in total. The molecule has 24 heavy (non-hydrogen) atoms. The molecule has 1 aliphatic heterocycles. The van der Waals surface area contributed by atoms with Crippen LogP contribution in [-0.4, -0.2) is 29.7 Å². The van der Waals surface area contributed by atoms with Crippen molar-refractivity contribution >= 4 is 23.3 Å². The summed E-state index contributed by atoms with van der Waals surface area (Å²) in [5.74, 6) is -2.62. The normalized spacial score (nSPS) is 21.5. The molecule has 4 nitrogen and oxygen atoms in total. The van der Waals surface area contributed by atoms with Gasteiger partial charge in [-0.1, -0.05) is 25.4 Å². The number of Topliss-reactive ketones (excluding diaryl/α,β-unsaturated/α-hetero) is 1. The molecule has 0 aromatic heterocycles. The van der Waals surface area contributed by atoms with Crippen LogP contribution in [0.5, 0.6) is 0 Å². The zero-order valence-electron chi connectivity index (χ0n) is 13.3. The topological polar surface area (TPSA) is 63.4 Å². The lowest BCUT2D eigenvalue weighted by Gasteiger charge is -2.53. The van der Waals surface area contributed by atoms with E-state index in [0.717, 1.165) is 12.1 Å². The zero-order chi connectivity index (χ0) is 17.9. The third-order valence-corrected chi connectivity index (χ3v) is 5.04. The minimum absolute atomic E-state index is 0.103. The fraction of sp³-hybridized carbons (Fsp3) is 0.412. The van der Waals surface area contributed by atoms with Gasteiger partial charge in [-0.25, -0.2) is 8.78 Å². The minimum Gasteiger partial charge on any atom is -0.396 e. The number of allylic oxidation sites excluding steroid dienone is 1. The molecule has 2 aliphatic rings. The van der Waals surface area contributed by atoms with E-state index in [-0.39, 0.29) is 22.5 Å². The second-order valence-corrected chi connectivity index (χ2v) is 7.61. The maximum absolute atomic E-state index is 14.0. The Hall–Kier alpha value is -1.95. The maximum Gasteiger partial charge on any atom is 0.256 e. The van der Waals surface area contributed by atoms with E-state index in [1.54, 1.807) is 6.08 Å². The van der Waals surface area contributed by atoms with Crippen molar-refractivity contribution in [3.63, 3.8) is 0 Å². The van der Waals surface area contributed by atoms with Crippen LogP contribution < -0.4 is 5.73 Å². The lowest BCUT2D eigenvalue weighted by molar-refractivity contribution is -0.127. The SMILES string of the molecule is CC1(C)CC2(C=C(N)C1=O)CN(C(=O)c1ccc(F)c(Cl)c1F)C2. The van der Waals surface area contributed by atoms with E-state index < -0.39 is 28.0 Å². The number of nitrogens with two attached hydrogens (primary N) is 1. The molecule has 1 aromatic rings. The Labute approximate surface area is 143 Å². The number of halogens is 3. The largest absolute Gasteiger partial charge is 0.396 e. The number of benzene rings is 1. The van der Waals surface area contributed by atoms with Crippen molar-refractivity contribution in [3.05, 3.63) is 46.1 Å². The van der Waals surface area contributed by atoms with Gasteiger partial charge < -0.3 is 10.6 Å². The van der Waals surface area contributed by atoms with Gasteiger partial charge in [-0.15, -0.1) is 0 Å². The molecule has 1 amide bonds. The standard InChI is InChI=1S/C17H17ClF2N2O2/c1-16(2)6-17(5-11(21)14(16)23)7-22(8-17)15(24)9-3-4-10(19)12(18)13(9)20/h3-5H,6-8,21H2,1-2H3. The van der Waals surface area contributed by atoms with E-state index in [0.29, 0.717) is 19.5 Å². The van der Waals surface area contributed by atoms with Gasteiger partial charge in [0.1, 0.15) is 10.8 Å². The van der Waals surface area contributed by atoms with Gasteiger partial charge in [-0.3, -0.25) is 9.59 Å². The van der Waals surface area contributed by atoms with Crippen LogP contribution in [0.4, 0.5) is 8.78 Å². The van der Waals surface area contributed by atoms with Crippen molar-refractivity contribution in [2.24, 2.45) is 16.6 Å². The molecule has 0 bridgehead atoms. The van der Waals surface area contributed by atoms with E-state index >= 15 is 0 Å². The second kappa shape index (κ2) is 5.28. The van der Waals surface area contributed by atoms with Gasteiger partial charge >= 0.3 is 0 Å². The molecule has 128 valence electrons. The molecule has 3 rings (SSSR count). The lowest BCUT2D eigenvalue weighted by Crippen LogP contribution is -2.61. The van der Waals surface area contributed by atoms with Gasteiger partial charge in [-0.2, -0.15) is 0 Å². The number of ketones is 1. The van der Waals surface area contributed by atoms with E-state index in [1.165, 1.54) is 4.90 Å². The number of carbonyl (C=O) groups is 2. The number of carbonyl (C=O) groups excluding carboxylic acids is 2. The first kappa shape index (κ1) is 16.9. The molecule has 0 saturated carbocycles. The van der Waals surface area contributed by atoms with Crippen LogP contribution >= 0.6 is 11.6 Å². The Kier molecular flexibility index (Phi) is 3.71. The summed E-state index contributed by atoms with van der Waals surface area (Å²) >= 11 is 5.52. The summed E-state index contributed by atoms with van der Waals surface area (Å²) in [5.41, 5.74) is 4.78. The second-order valence-electron chi connectivity index (χ2n) is 7.24. The average Bonchev–Trinajstić information content (AvgIpc) is 2.47.